The molecule has 2 aromatic rings. The Hall–Kier alpha value is -1.53. The first-order valence-corrected chi connectivity index (χ1v) is 9.12. The third-order valence-corrected chi connectivity index (χ3v) is 4.85. The summed E-state index contributed by atoms with van der Waals surface area (Å²) in [6.45, 7) is 7.48. The summed E-state index contributed by atoms with van der Waals surface area (Å²) in [5.41, 5.74) is 3.17. The summed E-state index contributed by atoms with van der Waals surface area (Å²) in [7, 11) is 0. The van der Waals surface area contributed by atoms with Crippen molar-refractivity contribution in [3.05, 3.63) is 35.8 Å². The van der Waals surface area contributed by atoms with Gasteiger partial charge in [-0.1, -0.05) is 6.07 Å². The molecule has 0 saturated carbocycles. The number of aryl methyl sites for hydroxylation is 1. The van der Waals surface area contributed by atoms with Crippen LogP contribution in [0.15, 0.2) is 24.5 Å². The molecule has 1 aliphatic heterocycles. The van der Waals surface area contributed by atoms with E-state index in [1.54, 1.807) is 11.8 Å². The van der Waals surface area contributed by atoms with Crippen molar-refractivity contribution in [2.24, 2.45) is 0 Å². The van der Waals surface area contributed by atoms with Crippen LogP contribution in [-0.4, -0.2) is 51.2 Å². The number of amides is 1. The van der Waals surface area contributed by atoms with Crippen LogP contribution >= 0.6 is 11.8 Å². The van der Waals surface area contributed by atoms with E-state index < -0.39 is 0 Å². The van der Waals surface area contributed by atoms with Crippen LogP contribution in [0.2, 0.25) is 0 Å². The number of morpholine rings is 1. The van der Waals surface area contributed by atoms with Crippen LogP contribution in [0.1, 0.15) is 25.1 Å². The molecule has 0 bridgehead atoms. The van der Waals surface area contributed by atoms with Crippen molar-refractivity contribution in [3.63, 3.8) is 0 Å². The SMILES string of the molecule is Cc1ccc2nc(CSCC(=O)N3CC(C)OC(C)C3)cn2c1. The molecule has 3 rings (SSSR count). The second-order valence-corrected chi connectivity index (χ2v) is 7.24. The monoisotopic (exact) mass is 333 g/mol. The number of fused-ring (bicyclic) bond motifs is 1. The third kappa shape index (κ3) is 4.06. The number of ether oxygens (including phenoxy) is 1. The topological polar surface area (TPSA) is 46.8 Å². The Balaban J connectivity index is 1.52. The van der Waals surface area contributed by atoms with Gasteiger partial charge in [0.2, 0.25) is 5.91 Å². The van der Waals surface area contributed by atoms with Gasteiger partial charge >= 0.3 is 0 Å². The predicted molar refractivity (Wildman–Crippen MR) is 92.7 cm³/mol. The summed E-state index contributed by atoms with van der Waals surface area (Å²) in [6.07, 6.45) is 4.35. The van der Waals surface area contributed by atoms with Crippen molar-refractivity contribution in [2.45, 2.75) is 38.7 Å². The first kappa shape index (κ1) is 16.3. The molecule has 0 aliphatic carbocycles. The van der Waals surface area contributed by atoms with E-state index in [1.807, 2.05) is 35.4 Å². The Morgan fingerprint density at radius 1 is 1.30 bits per heavy atom. The molecule has 124 valence electrons. The van der Waals surface area contributed by atoms with Gasteiger partial charge in [-0.3, -0.25) is 4.79 Å². The average molecular weight is 333 g/mol. The van der Waals surface area contributed by atoms with E-state index >= 15 is 0 Å². The number of hydrogen-bond acceptors (Lipinski definition) is 4. The van der Waals surface area contributed by atoms with Gasteiger partial charge in [0.15, 0.2) is 0 Å². The molecule has 0 radical (unpaired) electrons. The fourth-order valence-corrected chi connectivity index (χ4v) is 3.75. The first-order valence-electron chi connectivity index (χ1n) is 7.96. The lowest BCUT2D eigenvalue weighted by atomic mass is 10.2. The van der Waals surface area contributed by atoms with E-state index in [-0.39, 0.29) is 18.1 Å². The second-order valence-electron chi connectivity index (χ2n) is 6.25. The Morgan fingerprint density at radius 3 is 2.78 bits per heavy atom. The molecule has 1 aliphatic rings. The van der Waals surface area contributed by atoms with E-state index in [1.165, 1.54) is 5.56 Å². The maximum absolute atomic E-state index is 12.3. The molecular formula is C17H23N3O2S. The fraction of sp³-hybridized carbons (Fsp3) is 0.529. The molecule has 5 nitrogen and oxygen atoms in total. The van der Waals surface area contributed by atoms with E-state index in [4.69, 9.17) is 4.74 Å². The molecule has 0 aromatic carbocycles. The lowest BCUT2D eigenvalue weighted by Gasteiger charge is -2.35. The lowest BCUT2D eigenvalue weighted by molar-refractivity contribution is -0.140. The molecule has 3 heterocycles. The van der Waals surface area contributed by atoms with Crippen molar-refractivity contribution in [3.8, 4) is 0 Å². The van der Waals surface area contributed by atoms with Crippen molar-refractivity contribution >= 4 is 23.3 Å². The Morgan fingerprint density at radius 2 is 2.04 bits per heavy atom. The van der Waals surface area contributed by atoms with Crippen LogP contribution < -0.4 is 0 Å². The molecule has 0 N–H and O–H groups in total. The van der Waals surface area contributed by atoms with E-state index in [9.17, 15) is 4.79 Å². The van der Waals surface area contributed by atoms with Crippen LogP contribution in [0.25, 0.3) is 5.65 Å². The molecule has 23 heavy (non-hydrogen) atoms. The predicted octanol–water partition coefficient (Wildman–Crippen LogP) is 2.51. The number of thioether (sulfide) groups is 1. The summed E-state index contributed by atoms with van der Waals surface area (Å²) >= 11 is 1.62. The molecule has 1 saturated heterocycles. The lowest BCUT2D eigenvalue weighted by Crippen LogP contribution is -2.48. The Bertz CT molecular complexity index is 690. The maximum atomic E-state index is 12.3. The van der Waals surface area contributed by atoms with Crippen LogP contribution in [0, 0.1) is 6.92 Å². The zero-order valence-electron chi connectivity index (χ0n) is 13.9. The summed E-state index contributed by atoms with van der Waals surface area (Å²) < 4.78 is 7.71. The van der Waals surface area contributed by atoms with Crippen molar-refractivity contribution in [2.75, 3.05) is 18.8 Å². The minimum Gasteiger partial charge on any atom is -0.372 e. The van der Waals surface area contributed by atoms with Gasteiger partial charge in [-0.05, 0) is 32.4 Å². The third-order valence-electron chi connectivity index (χ3n) is 3.90. The van der Waals surface area contributed by atoms with Gasteiger partial charge < -0.3 is 14.0 Å². The van der Waals surface area contributed by atoms with E-state index in [0.717, 1.165) is 17.1 Å². The second kappa shape index (κ2) is 6.93. The average Bonchev–Trinajstić information content (AvgIpc) is 2.87. The van der Waals surface area contributed by atoms with Gasteiger partial charge in [-0.25, -0.2) is 4.98 Å². The number of pyridine rings is 1. The standard InChI is InChI=1S/C17H23N3O2S/c1-12-4-5-16-18-15(9-19(16)6-12)10-23-11-17(21)20-7-13(2)22-14(3)8-20/h4-6,9,13-14H,7-8,10-11H2,1-3H3. The Kier molecular flexibility index (Phi) is 4.92. The fourth-order valence-electron chi connectivity index (χ4n) is 2.94. The highest BCUT2D eigenvalue weighted by atomic mass is 32.2. The van der Waals surface area contributed by atoms with Crippen molar-refractivity contribution in [1.29, 1.82) is 0 Å². The largest absolute Gasteiger partial charge is 0.372 e. The van der Waals surface area contributed by atoms with Crippen LogP contribution in [0.3, 0.4) is 0 Å². The summed E-state index contributed by atoms with van der Waals surface area (Å²) in [6, 6.07) is 4.08. The maximum Gasteiger partial charge on any atom is 0.232 e. The van der Waals surface area contributed by atoms with Gasteiger partial charge in [-0.15, -0.1) is 11.8 Å². The van der Waals surface area contributed by atoms with E-state index in [0.29, 0.717) is 18.8 Å². The minimum atomic E-state index is 0.120. The number of imidazole rings is 1. The minimum absolute atomic E-state index is 0.120. The highest BCUT2D eigenvalue weighted by molar-refractivity contribution is 7.99. The quantitative estimate of drug-likeness (QED) is 0.862. The normalized spacial score (nSPS) is 21.8. The van der Waals surface area contributed by atoms with Gasteiger partial charge in [0.25, 0.3) is 0 Å². The summed E-state index contributed by atoms with van der Waals surface area (Å²) in [5.74, 6) is 1.44. The molecule has 1 fully saturated rings. The molecule has 2 unspecified atom stereocenters. The number of rotatable bonds is 4. The molecule has 0 spiro atoms. The number of aromatic nitrogens is 2. The van der Waals surface area contributed by atoms with Gasteiger partial charge in [0, 0.05) is 31.2 Å². The molecular weight excluding hydrogens is 310 g/mol. The zero-order valence-corrected chi connectivity index (χ0v) is 14.7. The first-order chi connectivity index (χ1) is 11.0. The highest BCUT2D eigenvalue weighted by Crippen LogP contribution is 2.16. The number of carbonyl (C=O) groups excluding carboxylic acids is 1. The molecule has 2 aromatic heterocycles. The highest BCUT2D eigenvalue weighted by Gasteiger charge is 2.25. The van der Waals surface area contributed by atoms with Crippen molar-refractivity contribution in [1.82, 2.24) is 14.3 Å². The van der Waals surface area contributed by atoms with Crippen LogP contribution in [0.5, 0.6) is 0 Å². The van der Waals surface area contributed by atoms with Crippen LogP contribution in [-0.2, 0) is 15.3 Å². The number of hydrogen-bond donors (Lipinski definition) is 0. The van der Waals surface area contributed by atoms with Gasteiger partial charge in [0.05, 0.1) is 23.7 Å². The summed E-state index contributed by atoms with van der Waals surface area (Å²) in [5, 5.41) is 0. The molecule has 2 atom stereocenters. The van der Waals surface area contributed by atoms with Gasteiger partial charge in [0.1, 0.15) is 5.65 Å². The van der Waals surface area contributed by atoms with Crippen LogP contribution in [0.4, 0.5) is 0 Å². The van der Waals surface area contributed by atoms with Crippen molar-refractivity contribution < 1.29 is 9.53 Å². The van der Waals surface area contributed by atoms with Gasteiger partial charge in [-0.2, -0.15) is 0 Å². The Labute approximate surface area is 141 Å². The zero-order chi connectivity index (χ0) is 16.4. The smallest absolute Gasteiger partial charge is 0.232 e. The number of carbonyl (C=O) groups is 1. The number of nitrogens with zero attached hydrogens (tertiary/aromatic N) is 3. The molecule has 1 amide bonds. The summed E-state index contributed by atoms with van der Waals surface area (Å²) in [4.78, 5) is 18.8. The molecule has 6 heteroatoms. The van der Waals surface area contributed by atoms with E-state index in [2.05, 4.69) is 24.2 Å².